The van der Waals surface area contributed by atoms with E-state index in [1.165, 1.54) is 12.1 Å². The summed E-state index contributed by atoms with van der Waals surface area (Å²) in [5, 5.41) is 11.5. The first-order chi connectivity index (χ1) is 9.58. The first kappa shape index (κ1) is 17.2. The minimum Gasteiger partial charge on any atom is -0.480 e. The molecule has 1 aromatic rings. The highest BCUT2D eigenvalue weighted by Gasteiger charge is 2.25. The summed E-state index contributed by atoms with van der Waals surface area (Å²) in [5.74, 6) is -1.91. The maximum atomic E-state index is 13.7. The van der Waals surface area contributed by atoms with Gasteiger partial charge in [-0.25, -0.2) is 14.0 Å². The van der Waals surface area contributed by atoms with Crippen LogP contribution in [0.4, 0.5) is 9.18 Å². The second kappa shape index (κ2) is 6.76. The van der Waals surface area contributed by atoms with Crippen molar-refractivity contribution in [3.05, 3.63) is 34.6 Å². The van der Waals surface area contributed by atoms with Crippen molar-refractivity contribution in [1.82, 2.24) is 5.32 Å². The highest BCUT2D eigenvalue weighted by Crippen LogP contribution is 2.16. The van der Waals surface area contributed by atoms with Crippen LogP contribution in [0.15, 0.2) is 18.2 Å². The number of aliphatic carboxylic acids is 1. The van der Waals surface area contributed by atoms with Gasteiger partial charge < -0.3 is 15.2 Å². The minimum absolute atomic E-state index is 0.142. The summed E-state index contributed by atoms with van der Waals surface area (Å²) >= 11 is 5.63. The standard InChI is InChI=1S/C14H17ClFNO4/c1-14(2,3)21-13(20)17-11(12(18)19)6-8-4-5-9(15)7-10(8)16/h4-5,7,11H,6H2,1-3H3,(H,17,20)(H,18,19)/t11-/m0/s1. The Balaban J connectivity index is 2.79. The first-order valence-corrected chi connectivity index (χ1v) is 6.62. The normalized spacial score (nSPS) is 12.6. The smallest absolute Gasteiger partial charge is 0.408 e. The molecular weight excluding hydrogens is 301 g/mol. The highest BCUT2D eigenvalue weighted by molar-refractivity contribution is 6.30. The average Bonchev–Trinajstić information content (AvgIpc) is 2.28. The van der Waals surface area contributed by atoms with E-state index in [0.717, 1.165) is 6.07 Å². The van der Waals surface area contributed by atoms with Crippen LogP contribution in [0, 0.1) is 5.82 Å². The van der Waals surface area contributed by atoms with Gasteiger partial charge in [0.25, 0.3) is 0 Å². The third kappa shape index (κ3) is 5.99. The van der Waals surface area contributed by atoms with E-state index in [2.05, 4.69) is 5.32 Å². The fourth-order valence-corrected chi connectivity index (χ4v) is 1.72. The number of carboxylic acids is 1. The van der Waals surface area contributed by atoms with Crippen LogP contribution in [0.3, 0.4) is 0 Å². The van der Waals surface area contributed by atoms with Gasteiger partial charge in [0, 0.05) is 11.4 Å². The van der Waals surface area contributed by atoms with Crippen molar-refractivity contribution in [2.75, 3.05) is 0 Å². The molecule has 1 amide bonds. The van der Waals surface area contributed by atoms with Gasteiger partial charge in [-0.15, -0.1) is 0 Å². The maximum absolute atomic E-state index is 13.7. The Morgan fingerprint density at radius 2 is 2.05 bits per heavy atom. The van der Waals surface area contributed by atoms with E-state index >= 15 is 0 Å². The van der Waals surface area contributed by atoms with Crippen LogP contribution in [0.25, 0.3) is 0 Å². The molecule has 0 saturated heterocycles. The molecule has 1 rings (SSSR count). The monoisotopic (exact) mass is 317 g/mol. The van der Waals surface area contributed by atoms with Gasteiger partial charge >= 0.3 is 12.1 Å². The summed E-state index contributed by atoms with van der Waals surface area (Å²) in [6.45, 7) is 4.96. The minimum atomic E-state index is -1.30. The molecule has 7 heteroatoms. The van der Waals surface area contributed by atoms with Gasteiger partial charge in [0.15, 0.2) is 0 Å². The maximum Gasteiger partial charge on any atom is 0.408 e. The fraction of sp³-hybridized carbons (Fsp3) is 0.429. The number of carboxylic acid groups (broad SMARTS) is 1. The van der Waals surface area contributed by atoms with Crippen LogP contribution in [0.1, 0.15) is 26.3 Å². The Hall–Kier alpha value is -1.82. The number of carbonyl (C=O) groups is 2. The van der Waals surface area contributed by atoms with Crippen molar-refractivity contribution in [3.8, 4) is 0 Å². The fourth-order valence-electron chi connectivity index (χ4n) is 1.56. The predicted molar refractivity (Wildman–Crippen MR) is 75.9 cm³/mol. The lowest BCUT2D eigenvalue weighted by molar-refractivity contribution is -0.139. The van der Waals surface area contributed by atoms with Gasteiger partial charge in [0.2, 0.25) is 0 Å². The van der Waals surface area contributed by atoms with E-state index in [-0.39, 0.29) is 17.0 Å². The van der Waals surface area contributed by atoms with E-state index in [1.54, 1.807) is 20.8 Å². The van der Waals surface area contributed by atoms with Crippen molar-refractivity contribution in [1.29, 1.82) is 0 Å². The molecule has 1 aromatic carbocycles. The van der Waals surface area contributed by atoms with Gasteiger partial charge in [0.05, 0.1) is 0 Å². The molecule has 21 heavy (non-hydrogen) atoms. The summed E-state index contributed by atoms with van der Waals surface area (Å²) < 4.78 is 18.6. The summed E-state index contributed by atoms with van der Waals surface area (Å²) in [5.41, 5.74) is -0.610. The summed E-state index contributed by atoms with van der Waals surface area (Å²) in [6, 6.07) is 2.62. The lowest BCUT2D eigenvalue weighted by atomic mass is 10.1. The quantitative estimate of drug-likeness (QED) is 0.895. The first-order valence-electron chi connectivity index (χ1n) is 6.25. The Labute approximate surface area is 127 Å². The number of carbonyl (C=O) groups excluding carboxylic acids is 1. The average molecular weight is 318 g/mol. The number of ether oxygens (including phenoxy) is 1. The van der Waals surface area contributed by atoms with Crippen LogP contribution in [-0.4, -0.2) is 28.8 Å². The topological polar surface area (TPSA) is 75.6 Å². The van der Waals surface area contributed by atoms with Crippen molar-refractivity contribution >= 4 is 23.7 Å². The SMILES string of the molecule is CC(C)(C)OC(=O)N[C@@H](Cc1ccc(Cl)cc1F)C(=O)O. The van der Waals surface area contributed by atoms with Gasteiger partial charge in [-0.2, -0.15) is 0 Å². The molecular formula is C14H17ClFNO4. The number of rotatable bonds is 4. The Morgan fingerprint density at radius 3 is 2.52 bits per heavy atom. The predicted octanol–water partition coefficient (Wildman–Crippen LogP) is 3.00. The Kier molecular flexibility index (Phi) is 5.54. The molecule has 5 nitrogen and oxygen atoms in total. The molecule has 0 heterocycles. The molecule has 0 saturated carbocycles. The second-order valence-electron chi connectivity index (χ2n) is 5.48. The number of amides is 1. The van der Waals surface area contributed by atoms with Crippen LogP contribution < -0.4 is 5.32 Å². The lowest BCUT2D eigenvalue weighted by Crippen LogP contribution is -2.44. The van der Waals surface area contributed by atoms with E-state index in [9.17, 15) is 14.0 Å². The zero-order chi connectivity index (χ0) is 16.2. The van der Waals surface area contributed by atoms with E-state index < -0.39 is 29.5 Å². The number of alkyl carbamates (subject to hydrolysis) is 1. The number of halogens is 2. The van der Waals surface area contributed by atoms with Crippen LogP contribution in [-0.2, 0) is 16.0 Å². The molecule has 1 atom stereocenters. The highest BCUT2D eigenvalue weighted by atomic mass is 35.5. The summed E-state index contributed by atoms with van der Waals surface area (Å²) in [7, 11) is 0. The van der Waals surface area contributed by atoms with E-state index in [1.807, 2.05) is 0 Å². The molecule has 0 fully saturated rings. The molecule has 0 aliphatic carbocycles. The van der Waals surface area contributed by atoms with E-state index in [0.29, 0.717) is 0 Å². The molecule has 0 aliphatic heterocycles. The third-order valence-corrected chi connectivity index (χ3v) is 2.66. The summed E-state index contributed by atoms with van der Waals surface area (Å²) in [6.07, 6.45) is -1.08. The molecule has 0 unspecified atom stereocenters. The molecule has 0 aromatic heterocycles. The number of hydrogen-bond acceptors (Lipinski definition) is 3. The number of benzene rings is 1. The van der Waals surface area contributed by atoms with Crippen molar-refractivity contribution in [2.24, 2.45) is 0 Å². The zero-order valence-electron chi connectivity index (χ0n) is 11.9. The van der Waals surface area contributed by atoms with Crippen LogP contribution in [0.2, 0.25) is 5.02 Å². The molecule has 0 spiro atoms. The molecule has 0 radical (unpaired) electrons. The molecule has 116 valence electrons. The molecule has 0 aliphatic rings. The second-order valence-corrected chi connectivity index (χ2v) is 5.91. The number of nitrogens with one attached hydrogen (secondary N) is 1. The van der Waals surface area contributed by atoms with Gasteiger partial charge in [-0.05, 0) is 38.5 Å². The molecule has 2 N–H and O–H groups in total. The van der Waals surface area contributed by atoms with Gasteiger partial charge in [-0.3, -0.25) is 0 Å². The van der Waals surface area contributed by atoms with Crippen molar-refractivity contribution in [2.45, 2.75) is 38.8 Å². The van der Waals surface area contributed by atoms with Gasteiger partial charge in [0.1, 0.15) is 17.5 Å². The third-order valence-electron chi connectivity index (χ3n) is 2.43. The lowest BCUT2D eigenvalue weighted by Gasteiger charge is -2.22. The molecule has 0 bridgehead atoms. The largest absolute Gasteiger partial charge is 0.480 e. The zero-order valence-corrected chi connectivity index (χ0v) is 12.7. The Morgan fingerprint density at radius 1 is 1.43 bits per heavy atom. The van der Waals surface area contributed by atoms with Crippen LogP contribution >= 0.6 is 11.6 Å². The van der Waals surface area contributed by atoms with Crippen molar-refractivity contribution in [3.63, 3.8) is 0 Å². The van der Waals surface area contributed by atoms with E-state index in [4.69, 9.17) is 21.4 Å². The van der Waals surface area contributed by atoms with Crippen LogP contribution in [0.5, 0.6) is 0 Å². The number of hydrogen-bond donors (Lipinski definition) is 2. The van der Waals surface area contributed by atoms with Gasteiger partial charge in [-0.1, -0.05) is 17.7 Å². The van der Waals surface area contributed by atoms with Crippen molar-refractivity contribution < 1.29 is 23.8 Å². The summed E-state index contributed by atoms with van der Waals surface area (Å²) in [4.78, 5) is 22.8. The Bertz CT molecular complexity index is 542.